The predicted octanol–water partition coefficient (Wildman–Crippen LogP) is 6.21. The summed E-state index contributed by atoms with van der Waals surface area (Å²) >= 11 is 9.55. The highest BCUT2D eigenvalue weighted by atomic mass is 79.9. The molecule has 198 valence electrons. The molecule has 4 N–H and O–H groups in total. The van der Waals surface area contributed by atoms with Gasteiger partial charge < -0.3 is 11.1 Å². The smallest absolute Gasteiger partial charge is 0.247 e. The fraction of sp³-hybridized carbons (Fsp3) is 0.111. The fourth-order valence-corrected chi connectivity index (χ4v) is 5.08. The maximum absolute atomic E-state index is 14.5. The number of halogens is 5. The van der Waals surface area contributed by atoms with Crippen LogP contribution < -0.4 is 16.5 Å². The molecule has 1 unspecified atom stereocenters. The van der Waals surface area contributed by atoms with Crippen LogP contribution in [0.25, 0.3) is 0 Å². The van der Waals surface area contributed by atoms with Crippen molar-refractivity contribution in [2.75, 3.05) is 16.5 Å². The predicted molar refractivity (Wildman–Crippen MR) is 147 cm³/mol. The van der Waals surface area contributed by atoms with Crippen LogP contribution in [0.4, 0.5) is 30.8 Å². The summed E-state index contributed by atoms with van der Waals surface area (Å²) in [6, 6.07) is 15.4. The molecule has 0 fully saturated rings. The Morgan fingerprint density at radius 2 is 1.82 bits per heavy atom. The second-order valence-corrected chi connectivity index (χ2v) is 10.2. The van der Waals surface area contributed by atoms with Crippen molar-refractivity contribution in [1.29, 1.82) is 0 Å². The number of carbonyl (C=O) groups excluding carboxylic acids is 1. The largest absolute Gasteiger partial charge is 0.383 e. The monoisotopic (exact) mass is 614 g/mol. The molecule has 2 heterocycles. The molecule has 1 aliphatic heterocycles. The lowest BCUT2D eigenvalue weighted by atomic mass is 9.78. The van der Waals surface area contributed by atoms with E-state index in [0.29, 0.717) is 32.3 Å². The summed E-state index contributed by atoms with van der Waals surface area (Å²) in [5.74, 6) is -3.65. The second-order valence-electron chi connectivity index (χ2n) is 8.89. The van der Waals surface area contributed by atoms with E-state index in [-0.39, 0.29) is 29.2 Å². The van der Waals surface area contributed by atoms with Crippen LogP contribution in [0.2, 0.25) is 5.02 Å². The SMILES string of the molecule is CC1(c2ccccc2)C(=O)Nc2nc(N/N=C(/Cc3c(F)ccc(F)c3F)c3cc(Cl)ccc3Br)nc(N)c21. The average molecular weight is 616 g/mol. The van der Waals surface area contributed by atoms with Crippen molar-refractivity contribution in [1.82, 2.24) is 9.97 Å². The van der Waals surface area contributed by atoms with Gasteiger partial charge in [-0.3, -0.25) is 4.79 Å². The molecule has 0 aliphatic carbocycles. The molecule has 1 aliphatic rings. The molecule has 1 amide bonds. The molecule has 39 heavy (non-hydrogen) atoms. The molecule has 4 aromatic rings. The highest BCUT2D eigenvalue weighted by Gasteiger charge is 2.47. The molecule has 0 saturated heterocycles. The van der Waals surface area contributed by atoms with Gasteiger partial charge >= 0.3 is 0 Å². The number of anilines is 3. The number of hydrogen-bond donors (Lipinski definition) is 3. The number of nitrogen functional groups attached to an aromatic ring is 1. The van der Waals surface area contributed by atoms with Crippen LogP contribution in [-0.2, 0) is 16.6 Å². The van der Waals surface area contributed by atoms with Gasteiger partial charge in [-0.15, -0.1) is 0 Å². The van der Waals surface area contributed by atoms with Gasteiger partial charge in [-0.05, 0) is 42.8 Å². The normalized spacial score (nSPS) is 16.7. The highest BCUT2D eigenvalue weighted by Crippen LogP contribution is 2.44. The molecule has 0 bridgehead atoms. The zero-order valence-electron chi connectivity index (χ0n) is 20.2. The molecule has 3 aromatic carbocycles. The minimum absolute atomic E-state index is 0.0371. The van der Waals surface area contributed by atoms with E-state index in [9.17, 15) is 18.0 Å². The quantitative estimate of drug-likeness (QED) is 0.136. The van der Waals surface area contributed by atoms with Gasteiger partial charge in [0.25, 0.3) is 0 Å². The minimum Gasteiger partial charge on any atom is -0.383 e. The summed E-state index contributed by atoms with van der Waals surface area (Å²) in [7, 11) is 0. The third-order valence-electron chi connectivity index (χ3n) is 6.49. The Balaban J connectivity index is 1.56. The first kappa shape index (κ1) is 26.6. The van der Waals surface area contributed by atoms with Crippen LogP contribution in [0.5, 0.6) is 0 Å². The molecular weight excluding hydrogens is 597 g/mol. The standard InChI is InChI=1S/C27H19BrClF3N6O/c1-27(13-5-3-2-4-6-13)21-23(33)34-26(36-24(21)35-25(27)39)38-37-20(15-11-14(29)7-8-17(15)28)12-16-18(30)9-10-19(31)22(16)32/h2-11H,12H2,1H3,(H4,33,34,35,36,38,39)/b37-20-. The van der Waals surface area contributed by atoms with Gasteiger partial charge in [0.15, 0.2) is 11.6 Å². The summed E-state index contributed by atoms with van der Waals surface area (Å²) in [6.45, 7) is 1.73. The van der Waals surface area contributed by atoms with E-state index in [1.165, 1.54) is 6.07 Å². The van der Waals surface area contributed by atoms with E-state index in [1.807, 2.05) is 30.3 Å². The fourth-order valence-electron chi connectivity index (χ4n) is 4.43. The summed E-state index contributed by atoms with van der Waals surface area (Å²) in [4.78, 5) is 21.7. The van der Waals surface area contributed by atoms with E-state index < -0.39 is 34.9 Å². The van der Waals surface area contributed by atoms with Gasteiger partial charge in [0.05, 0.1) is 11.3 Å². The molecule has 12 heteroatoms. The van der Waals surface area contributed by atoms with Crippen molar-refractivity contribution in [3.8, 4) is 0 Å². The Kier molecular flexibility index (Phi) is 7.04. The summed E-state index contributed by atoms with van der Waals surface area (Å²) < 4.78 is 43.4. The summed E-state index contributed by atoms with van der Waals surface area (Å²) in [6.07, 6.45) is -0.440. The highest BCUT2D eigenvalue weighted by molar-refractivity contribution is 9.10. The maximum atomic E-state index is 14.5. The number of hydrogen-bond acceptors (Lipinski definition) is 6. The van der Waals surface area contributed by atoms with Gasteiger partial charge in [0.1, 0.15) is 22.9 Å². The Labute approximate surface area is 234 Å². The van der Waals surface area contributed by atoms with Crippen molar-refractivity contribution >= 4 is 56.7 Å². The van der Waals surface area contributed by atoms with Crippen molar-refractivity contribution < 1.29 is 18.0 Å². The van der Waals surface area contributed by atoms with Crippen LogP contribution >= 0.6 is 27.5 Å². The first-order valence-electron chi connectivity index (χ1n) is 11.5. The van der Waals surface area contributed by atoms with E-state index in [1.54, 1.807) is 19.1 Å². The number of nitrogens with two attached hydrogens (primary N) is 1. The summed E-state index contributed by atoms with van der Waals surface area (Å²) in [5, 5.41) is 7.36. The molecule has 0 saturated carbocycles. The second kappa shape index (κ2) is 10.3. The Morgan fingerprint density at radius 3 is 2.56 bits per heavy atom. The van der Waals surface area contributed by atoms with Gasteiger partial charge in [-0.2, -0.15) is 15.1 Å². The van der Waals surface area contributed by atoms with Crippen LogP contribution in [0, 0.1) is 17.5 Å². The van der Waals surface area contributed by atoms with E-state index in [4.69, 9.17) is 17.3 Å². The number of benzene rings is 3. The van der Waals surface area contributed by atoms with Gasteiger partial charge in [0.2, 0.25) is 11.9 Å². The zero-order valence-corrected chi connectivity index (χ0v) is 22.5. The zero-order chi connectivity index (χ0) is 27.9. The third-order valence-corrected chi connectivity index (χ3v) is 7.41. The van der Waals surface area contributed by atoms with E-state index >= 15 is 0 Å². The third kappa shape index (κ3) is 4.83. The molecule has 0 spiro atoms. The number of nitrogens with one attached hydrogen (secondary N) is 2. The van der Waals surface area contributed by atoms with Crippen molar-refractivity contribution in [3.63, 3.8) is 0 Å². The number of amides is 1. The van der Waals surface area contributed by atoms with Crippen LogP contribution in [0.3, 0.4) is 0 Å². The van der Waals surface area contributed by atoms with E-state index in [0.717, 1.165) is 6.07 Å². The number of carbonyl (C=O) groups is 1. The number of rotatable bonds is 6. The van der Waals surface area contributed by atoms with Crippen LogP contribution in [-0.4, -0.2) is 21.6 Å². The maximum Gasteiger partial charge on any atom is 0.247 e. The lowest BCUT2D eigenvalue weighted by Gasteiger charge is -2.23. The topological polar surface area (TPSA) is 105 Å². The summed E-state index contributed by atoms with van der Waals surface area (Å²) in [5.41, 5.74) is 8.90. The number of hydrazone groups is 1. The van der Waals surface area contributed by atoms with Crippen molar-refractivity contribution in [3.05, 3.63) is 110 Å². The van der Waals surface area contributed by atoms with Gasteiger partial charge in [-0.1, -0.05) is 57.9 Å². The average Bonchev–Trinajstić information content (AvgIpc) is 3.18. The van der Waals surface area contributed by atoms with Crippen molar-refractivity contribution in [2.45, 2.75) is 18.8 Å². The number of aromatic nitrogens is 2. The van der Waals surface area contributed by atoms with Crippen molar-refractivity contribution in [2.24, 2.45) is 5.10 Å². The lowest BCUT2D eigenvalue weighted by Crippen LogP contribution is -2.32. The Bertz CT molecular complexity index is 1650. The lowest BCUT2D eigenvalue weighted by molar-refractivity contribution is -0.119. The molecule has 7 nitrogen and oxygen atoms in total. The molecule has 1 aromatic heterocycles. The Morgan fingerprint density at radius 1 is 1.10 bits per heavy atom. The first-order valence-corrected chi connectivity index (χ1v) is 12.7. The van der Waals surface area contributed by atoms with E-state index in [2.05, 4.69) is 41.7 Å². The molecule has 1 atom stereocenters. The minimum atomic E-state index is -1.33. The number of nitrogens with zero attached hydrogens (tertiary/aromatic N) is 3. The number of fused-ring (bicyclic) bond motifs is 1. The first-order chi connectivity index (χ1) is 18.6. The van der Waals surface area contributed by atoms with Crippen LogP contribution in [0.15, 0.2) is 70.2 Å². The van der Waals surface area contributed by atoms with Crippen LogP contribution in [0.1, 0.15) is 29.2 Å². The van der Waals surface area contributed by atoms with Gasteiger partial charge in [-0.25, -0.2) is 18.6 Å². The molecular formula is C27H19BrClF3N6O. The molecule has 0 radical (unpaired) electrons. The molecule has 5 rings (SSSR count). The van der Waals surface area contributed by atoms with Gasteiger partial charge in [0, 0.05) is 27.0 Å². The Hall–Kier alpha value is -3.96.